The van der Waals surface area contributed by atoms with Crippen molar-refractivity contribution in [1.82, 2.24) is 4.98 Å². The van der Waals surface area contributed by atoms with Gasteiger partial charge in [0.25, 0.3) is 3.90 Å². The molecule has 0 radical (unpaired) electrons. The van der Waals surface area contributed by atoms with Crippen molar-refractivity contribution in [3.05, 3.63) is 40.0 Å². The van der Waals surface area contributed by atoms with Gasteiger partial charge in [0.1, 0.15) is 12.0 Å². The largest absolute Gasteiger partial charge is 0.440 e. The molecule has 0 amide bonds. The zero-order valence-corrected chi connectivity index (χ0v) is 11.8. The quantitative estimate of drug-likeness (QED) is 0.732. The normalized spacial score (nSPS) is 11.8. The first-order valence-electron chi connectivity index (χ1n) is 5.19. The third-order valence-corrected chi connectivity index (χ3v) is 3.02. The van der Waals surface area contributed by atoms with Crippen molar-refractivity contribution in [3.8, 4) is 11.3 Å². The van der Waals surface area contributed by atoms with Crippen molar-refractivity contribution >= 4 is 22.6 Å². The maximum atomic E-state index is 5.19. The number of hydrogen-bond donors (Lipinski definition) is 0. The van der Waals surface area contributed by atoms with Crippen LogP contribution in [0.1, 0.15) is 26.3 Å². The number of aromatic nitrogens is 1. The predicted octanol–water partition coefficient (Wildman–Crippen LogP) is 4.24. The fourth-order valence-corrected chi connectivity index (χ4v) is 1.91. The molecule has 0 saturated carbocycles. The number of nitrogens with zero attached hydrogens (tertiary/aromatic N) is 1. The van der Waals surface area contributed by atoms with Gasteiger partial charge in [-0.15, -0.1) is 0 Å². The van der Waals surface area contributed by atoms with E-state index in [0.717, 1.165) is 11.3 Å². The van der Waals surface area contributed by atoms with Crippen LogP contribution >= 0.6 is 22.6 Å². The van der Waals surface area contributed by atoms with Crippen molar-refractivity contribution in [3.63, 3.8) is 0 Å². The minimum atomic E-state index is 0.191. The van der Waals surface area contributed by atoms with E-state index >= 15 is 0 Å². The van der Waals surface area contributed by atoms with Crippen LogP contribution in [0.5, 0.6) is 0 Å². The molecule has 0 aliphatic rings. The fraction of sp³-hybridized carbons (Fsp3) is 0.308. The molecule has 2 nitrogen and oxygen atoms in total. The van der Waals surface area contributed by atoms with Crippen LogP contribution in [0.4, 0.5) is 0 Å². The molecule has 0 unspecified atom stereocenters. The molecule has 0 aliphatic heterocycles. The topological polar surface area (TPSA) is 26.0 Å². The van der Waals surface area contributed by atoms with Crippen LogP contribution in [0.25, 0.3) is 11.3 Å². The van der Waals surface area contributed by atoms with E-state index in [1.165, 1.54) is 5.56 Å². The molecule has 0 aliphatic carbocycles. The van der Waals surface area contributed by atoms with E-state index in [-0.39, 0.29) is 5.41 Å². The van der Waals surface area contributed by atoms with Gasteiger partial charge in [-0.3, -0.25) is 0 Å². The Morgan fingerprint density at radius 3 is 2.19 bits per heavy atom. The summed E-state index contributed by atoms with van der Waals surface area (Å²) in [6.45, 7) is 6.63. The molecule has 0 atom stereocenters. The molecule has 1 heterocycles. The summed E-state index contributed by atoms with van der Waals surface area (Å²) in [4.78, 5) is 4.29. The van der Waals surface area contributed by atoms with Crippen LogP contribution < -0.4 is 0 Å². The second-order valence-electron chi connectivity index (χ2n) is 4.81. The Morgan fingerprint density at radius 2 is 1.75 bits per heavy atom. The second kappa shape index (κ2) is 4.20. The van der Waals surface area contributed by atoms with Gasteiger partial charge < -0.3 is 4.42 Å². The van der Waals surface area contributed by atoms with Crippen LogP contribution in [-0.2, 0) is 5.41 Å². The van der Waals surface area contributed by atoms with Gasteiger partial charge in [0.05, 0.1) is 0 Å². The molecular weight excluding hydrogens is 313 g/mol. The van der Waals surface area contributed by atoms with Crippen LogP contribution in [-0.4, -0.2) is 4.98 Å². The van der Waals surface area contributed by atoms with Crippen LogP contribution in [0.15, 0.2) is 34.9 Å². The maximum absolute atomic E-state index is 5.19. The molecule has 3 heteroatoms. The lowest BCUT2D eigenvalue weighted by Gasteiger charge is -2.18. The molecule has 84 valence electrons. The average molecular weight is 327 g/mol. The Balaban J connectivity index is 2.33. The summed E-state index contributed by atoms with van der Waals surface area (Å²) >= 11 is 2.07. The highest BCUT2D eigenvalue weighted by molar-refractivity contribution is 14.1. The first kappa shape index (κ1) is 11.6. The highest BCUT2D eigenvalue weighted by Gasteiger charge is 2.13. The van der Waals surface area contributed by atoms with Gasteiger partial charge in [-0.2, -0.15) is 0 Å². The highest BCUT2D eigenvalue weighted by Crippen LogP contribution is 2.25. The van der Waals surface area contributed by atoms with Crippen LogP contribution in [0.2, 0.25) is 0 Å². The first-order chi connectivity index (χ1) is 7.47. The van der Waals surface area contributed by atoms with Crippen molar-refractivity contribution in [1.29, 1.82) is 0 Å². The summed E-state index contributed by atoms with van der Waals surface area (Å²) in [5.41, 5.74) is 3.51. The zero-order valence-electron chi connectivity index (χ0n) is 9.62. The van der Waals surface area contributed by atoms with Crippen LogP contribution in [0, 0.1) is 3.90 Å². The Hall–Kier alpha value is -0.840. The third-order valence-electron chi connectivity index (χ3n) is 2.52. The number of oxazole rings is 1. The third kappa shape index (κ3) is 2.45. The fourth-order valence-electron chi connectivity index (χ4n) is 1.53. The number of benzene rings is 1. The summed E-state index contributed by atoms with van der Waals surface area (Å²) in [5.74, 6) is 0. The van der Waals surface area contributed by atoms with Gasteiger partial charge in [0.15, 0.2) is 0 Å². The molecule has 0 spiro atoms. The lowest BCUT2D eigenvalue weighted by molar-refractivity contribution is 0.525. The van der Waals surface area contributed by atoms with Crippen molar-refractivity contribution in [2.24, 2.45) is 0 Å². The minimum Gasteiger partial charge on any atom is -0.440 e. The molecule has 0 saturated heterocycles. The number of rotatable bonds is 1. The predicted molar refractivity (Wildman–Crippen MR) is 73.4 cm³/mol. The van der Waals surface area contributed by atoms with E-state index in [0.29, 0.717) is 3.90 Å². The molecule has 2 aromatic rings. The standard InChI is InChI=1S/C13H14INO/c1-13(2,3)10-6-4-9(5-7-10)11-8-16-12(14)15-11/h4-8H,1-3H3. The first-order valence-corrected chi connectivity index (χ1v) is 6.26. The Bertz CT molecular complexity index is 479. The van der Waals surface area contributed by atoms with E-state index in [4.69, 9.17) is 4.42 Å². The lowest BCUT2D eigenvalue weighted by Crippen LogP contribution is -2.10. The van der Waals surface area contributed by atoms with Crippen molar-refractivity contribution in [2.45, 2.75) is 26.2 Å². The molecule has 1 aromatic carbocycles. The average Bonchev–Trinajstić information content (AvgIpc) is 2.64. The Morgan fingerprint density at radius 1 is 1.12 bits per heavy atom. The summed E-state index contributed by atoms with van der Waals surface area (Å²) in [6.07, 6.45) is 1.69. The molecule has 16 heavy (non-hydrogen) atoms. The van der Waals surface area contributed by atoms with Crippen molar-refractivity contribution in [2.75, 3.05) is 0 Å². The number of hydrogen-bond acceptors (Lipinski definition) is 2. The Labute approximate surface area is 109 Å². The van der Waals surface area contributed by atoms with E-state index in [1.54, 1.807) is 6.26 Å². The van der Waals surface area contributed by atoms with E-state index in [1.807, 2.05) is 0 Å². The van der Waals surface area contributed by atoms with E-state index in [9.17, 15) is 0 Å². The molecule has 0 bridgehead atoms. The van der Waals surface area contributed by atoms with Crippen molar-refractivity contribution < 1.29 is 4.42 Å². The minimum absolute atomic E-state index is 0.191. The Kier molecular flexibility index (Phi) is 3.06. The molecule has 1 aromatic heterocycles. The lowest BCUT2D eigenvalue weighted by atomic mass is 9.86. The summed E-state index contributed by atoms with van der Waals surface area (Å²) in [5, 5.41) is 0. The molecule has 2 rings (SSSR count). The van der Waals surface area contributed by atoms with Gasteiger partial charge in [0, 0.05) is 28.2 Å². The van der Waals surface area contributed by atoms with E-state index < -0.39 is 0 Å². The number of halogens is 1. The summed E-state index contributed by atoms with van der Waals surface area (Å²) in [6, 6.07) is 8.48. The van der Waals surface area contributed by atoms with Gasteiger partial charge in [-0.1, -0.05) is 45.0 Å². The molecule has 0 fully saturated rings. The van der Waals surface area contributed by atoms with Crippen LogP contribution in [0.3, 0.4) is 0 Å². The van der Waals surface area contributed by atoms with Gasteiger partial charge >= 0.3 is 0 Å². The highest BCUT2D eigenvalue weighted by atomic mass is 127. The monoisotopic (exact) mass is 327 g/mol. The molecular formula is C13H14INO. The summed E-state index contributed by atoms with van der Waals surface area (Å²) < 4.78 is 5.87. The van der Waals surface area contributed by atoms with E-state index in [2.05, 4.69) is 72.6 Å². The second-order valence-corrected chi connectivity index (χ2v) is 5.74. The summed E-state index contributed by atoms with van der Waals surface area (Å²) in [7, 11) is 0. The van der Waals surface area contributed by atoms with Gasteiger partial charge in [-0.05, 0) is 11.0 Å². The van der Waals surface area contributed by atoms with Gasteiger partial charge in [0.2, 0.25) is 0 Å². The zero-order chi connectivity index (χ0) is 11.8. The maximum Gasteiger partial charge on any atom is 0.257 e. The van der Waals surface area contributed by atoms with Gasteiger partial charge in [-0.25, -0.2) is 4.98 Å². The molecule has 0 N–H and O–H groups in total. The SMILES string of the molecule is CC(C)(C)c1ccc(-c2coc(I)n2)cc1. The smallest absolute Gasteiger partial charge is 0.257 e.